The number of fused-ring (bicyclic) bond motifs is 1. The minimum atomic E-state index is -4.60. The molecule has 1 saturated carbocycles. The van der Waals surface area contributed by atoms with E-state index in [0.29, 0.717) is 30.6 Å². The molecule has 162 valence electrons. The first-order valence-corrected chi connectivity index (χ1v) is 11.4. The Kier molecular flexibility index (Phi) is 6.42. The molecule has 29 heavy (non-hydrogen) atoms. The molecular formula is C19H24F3NO5S. The predicted octanol–water partition coefficient (Wildman–Crippen LogP) is 4.71. The summed E-state index contributed by atoms with van der Waals surface area (Å²) >= 11 is 0. The summed E-state index contributed by atoms with van der Waals surface area (Å²) in [7, 11) is -3.56. The number of nitrogens with zero attached hydrogens (tertiary/aromatic N) is 1. The van der Waals surface area contributed by atoms with Crippen molar-refractivity contribution >= 4 is 21.1 Å². The third kappa shape index (κ3) is 5.22. The summed E-state index contributed by atoms with van der Waals surface area (Å²) in [6, 6.07) is 2.83. The molecule has 0 amide bonds. The van der Waals surface area contributed by atoms with Gasteiger partial charge in [0.1, 0.15) is 11.9 Å². The molecule has 1 fully saturated rings. The van der Waals surface area contributed by atoms with Gasteiger partial charge in [-0.25, -0.2) is 0 Å². The Bertz CT molecular complexity index is 955. The third-order valence-corrected chi connectivity index (χ3v) is 5.65. The van der Waals surface area contributed by atoms with Crippen molar-refractivity contribution in [3.63, 3.8) is 0 Å². The van der Waals surface area contributed by atoms with Crippen LogP contribution in [0.2, 0.25) is 0 Å². The van der Waals surface area contributed by atoms with E-state index in [1.165, 1.54) is 12.1 Å². The number of hydrogen-bond acceptors (Lipinski definition) is 6. The van der Waals surface area contributed by atoms with E-state index in [0.717, 1.165) is 25.5 Å². The van der Waals surface area contributed by atoms with Gasteiger partial charge in [0.05, 0.1) is 18.2 Å². The molecule has 0 radical (unpaired) electrons. The minimum Gasteiger partial charge on any atom is -0.490 e. The van der Waals surface area contributed by atoms with E-state index >= 15 is 0 Å². The number of aromatic nitrogens is 1. The van der Waals surface area contributed by atoms with Crippen LogP contribution in [-0.2, 0) is 26.9 Å². The molecule has 1 aromatic carbocycles. The first-order valence-electron chi connectivity index (χ1n) is 9.59. The normalized spacial score (nSPS) is 20.9. The summed E-state index contributed by atoms with van der Waals surface area (Å²) in [5.41, 5.74) is -0.425. The summed E-state index contributed by atoms with van der Waals surface area (Å²) in [4.78, 5) is 0. The lowest BCUT2D eigenvalue weighted by molar-refractivity contribution is -0.141. The summed E-state index contributed by atoms with van der Waals surface area (Å²) in [5, 5.41) is 3.14. The molecule has 1 heterocycles. The molecule has 3 rings (SSSR count). The van der Waals surface area contributed by atoms with Crippen molar-refractivity contribution in [1.29, 1.82) is 0 Å². The highest BCUT2D eigenvalue weighted by molar-refractivity contribution is 7.85. The molecular weight excluding hydrogens is 411 g/mol. The molecule has 0 N–H and O–H groups in total. The van der Waals surface area contributed by atoms with Crippen LogP contribution in [0.15, 0.2) is 16.7 Å². The number of rotatable bonds is 7. The Morgan fingerprint density at radius 3 is 2.62 bits per heavy atom. The monoisotopic (exact) mass is 435 g/mol. The summed E-state index contributed by atoms with van der Waals surface area (Å²) in [6.07, 6.45) is 0.595. The Balaban J connectivity index is 1.90. The molecule has 10 heteroatoms. The molecule has 1 aliphatic rings. The SMILES string of the molecule is CCCc1c(OC2CCCCC2COS(C)(=O)=O)ccc2c(C(F)(F)F)noc12. The van der Waals surface area contributed by atoms with Crippen molar-refractivity contribution in [1.82, 2.24) is 5.16 Å². The molecule has 1 aliphatic carbocycles. The minimum absolute atomic E-state index is 0.0232. The van der Waals surface area contributed by atoms with Crippen LogP contribution < -0.4 is 4.74 Å². The maximum Gasteiger partial charge on any atom is 0.437 e. The van der Waals surface area contributed by atoms with Gasteiger partial charge in [0.2, 0.25) is 0 Å². The van der Waals surface area contributed by atoms with Gasteiger partial charge < -0.3 is 9.26 Å². The zero-order chi connectivity index (χ0) is 21.2. The maximum absolute atomic E-state index is 13.2. The van der Waals surface area contributed by atoms with Gasteiger partial charge in [-0.3, -0.25) is 4.18 Å². The van der Waals surface area contributed by atoms with Gasteiger partial charge in [-0.1, -0.05) is 24.9 Å². The summed E-state index contributed by atoms with van der Waals surface area (Å²) in [5.74, 6) is 0.324. The number of halogens is 3. The molecule has 2 aromatic rings. The highest BCUT2D eigenvalue weighted by atomic mass is 32.2. The second-order valence-corrected chi connectivity index (χ2v) is 9.03. The molecule has 0 bridgehead atoms. The molecule has 0 spiro atoms. The van der Waals surface area contributed by atoms with Gasteiger partial charge in [-0.2, -0.15) is 21.6 Å². The molecule has 0 saturated heterocycles. The average Bonchev–Trinajstić information content (AvgIpc) is 3.07. The van der Waals surface area contributed by atoms with E-state index in [4.69, 9.17) is 13.4 Å². The van der Waals surface area contributed by atoms with Crippen LogP contribution in [-0.4, -0.2) is 32.5 Å². The highest BCUT2D eigenvalue weighted by Gasteiger charge is 2.38. The average molecular weight is 435 g/mol. The van der Waals surface area contributed by atoms with E-state index in [1.54, 1.807) is 0 Å². The Morgan fingerprint density at radius 2 is 1.97 bits per heavy atom. The number of benzene rings is 1. The van der Waals surface area contributed by atoms with E-state index in [-0.39, 0.29) is 29.6 Å². The van der Waals surface area contributed by atoms with Crippen molar-refractivity contribution in [3.8, 4) is 5.75 Å². The third-order valence-electron chi connectivity index (χ3n) is 5.08. The smallest absolute Gasteiger partial charge is 0.437 e. The van der Waals surface area contributed by atoms with Gasteiger partial charge in [0, 0.05) is 11.5 Å². The van der Waals surface area contributed by atoms with Crippen molar-refractivity contribution in [3.05, 3.63) is 23.4 Å². The van der Waals surface area contributed by atoms with Crippen molar-refractivity contribution in [2.24, 2.45) is 5.92 Å². The predicted molar refractivity (Wildman–Crippen MR) is 100 cm³/mol. The van der Waals surface area contributed by atoms with Crippen LogP contribution in [0.3, 0.4) is 0 Å². The van der Waals surface area contributed by atoms with Crippen LogP contribution in [0.5, 0.6) is 5.75 Å². The first kappa shape index (κ1) is 21.9. The quantitative estimate of drug-likeness (QED) is 0.586. The van der Waals surface area contributed by atoms with Gasteiger partial charge in [0.25, 0.3) is 10.1 Å². The van der Waals surface area contributed by atoms with Crippen LogP contribution in [0.4, 0.5) is 13.2 Å². The van der Waals surface area contributed by atoms with Crippen LogP contribution in [0.1, 0.15) is 50.3 Å². The zero-order valence-corrected chi connectivity index (χ0v) is 17.1. The Morgan fingerprint density at radius 1 is 1.24 bits per heavy atom. The van der Waals surface area contributed by atoms with E-state index in [2.05, 4.69) is 5.16 Å². The van der Waals surface area contributed by atoms with E-state index in [1.807, 2.05) is 6.92 Å². The lowest BCUT2D eigenvalue weighted by Gasteiger charge is -2.32. The first-order chi connectivity index (χ1) is 13.6. The zero-order valence-electron chi connectivity index (χ0n) is 16.3. The van der Waals surface area contributed by atoms with Crippen molar-refractivity contribution in [2.45, 2.75) is 57.7 Å². The molecule has 0 aliphatic heterocycles. The summed E-state index contributed by atoms with van der Waals surface area (Å²) in [6.45, 7) is 1.93. The van der Waals surface area contributed by atoms with Crippen molar-refractivity contribution < 1.29 is 35.0 Å². The molecule has 1 aromatic heterocycles. The molecule has 2 atom stereocenters. The van der Waals surface area contributed by atoms with E-state index in [9.17, 15) is 21.6 Å². The fourth-order valence-electron chi connectivity index (χ4n) is 3.74. The van der Waals surface area contributed by atoms with Gasteiger partial charge >= 0.3 is 6.18 Å². The van der Waals surface area contributed by atoms with Gasteiger partial charge in [0.15, 0.2) is 11.3 Å². The fourth-order valence-corrected chi connectivity index (χ4v) is 4.16. The lowest BCUT2D eigenvalue weighted by Crippen LogP contribution is -2.34. The van der Waals surface area contributed by atoms with Crippen LogP contribution in [0.25, 0.3) is 11.0 Å². The number of hydrogen-bond donors (Lipinski definition) is 0. The fraction of sp³-hybridized carbons (Fsp3) is 0.632. The number of ether oxygens (including phenoxy) is 1. The largest absolute Gasteiger partial charge is 0.490 e. The van der Waals surface area contributed by atoms with Gasteiger partial charge in [-0.15, -0.1) is 0 Å². The highest BCUT2D eigenvalue weighted by Crippen LogP contribution is 2.39. The Labute approximate surface area is 167 Å². The lowest BCUT2D eigenvalue weighted by atomic mass is 9.87. The molecule has 2 unspecified atom stereocenters. The topological polar surface area (TPSA) is 78.6 Å². The van der Waals surface area contributed by atoms with Crippen LogP contribution in [0, 0.1) is 5.92 Å². The number of aryl methyl sites for hydroxylation is 1. The second-order valence-electron chi connectivity index (χ2n) is 7.39. The van der Waals surface area contributed by atoms with E-state index < -0.39 is 22.0 Å². The maximum atomic E-state index is 13.2. The van der Waals surface area contributed by atoms with Crippen molar-refractivity contribution in [2.75, 3.05) is 12.9 Å². The second kappa shape index (κ2) is 8.51. The number of alkyl halides is 3. The summed E-state index contributed by atoms with van der Waals surface area (Å²) < 4.78 is 78.3. The van der Waals surface area contributed by atoms with Gasteiger partial charge in [-0.05, 0) is 37.8 Å². The standard InChI is InChI=1S/C19H24F3NO5S/c1-3-6-13-16(10-9-14-17(13)28-23-18(14)19(20,21)22)27-15-8-5-4-7-12(15)11-26-29(2,24)25/h9-10,12,15H,3-8,11H2,1-2H3. The Hall–Kier alpha value is -1.81. The molecule has 6 nitrogen and oxygen atoms in total. The van der Waals surface area contributed by atoms with Crippen LogP contribution >= 0.6 is 0 Å².